The molecule has 6 unspecified atom stereocenters. The molecule has 12 heteroatoms. The van der Waals surface area contributed by atoms with E-state index in [1.54, 1.807) is 0 Å². The van der Waals surface area contributed by atoms with Crippen molar-refractivity contribution in [3.63, 3.8) is 0 Å². The third kappa shape index (κ3) is 24.5. The first-order chi connectivity index (χ1) is 31.3. The Bertz CT molecular complexity index is 1680. The highest BCUT2D eigenvalue weighted by atomic mass is 32.1. The molecule has 420 valence electrons. The van der Waals surface area contributed by atoms with Crippen molar-refractivity contribution in [1.29, 1.82) is 0 Å². The van der Waals surface area contributed by atoms with Crippen molar-refractivity contribution in [3.05, 3.63) is 86.5 Å². The second-order valence-corrected chi connectivity index (χ2v) is 25.1. The van der Waals surface area contributed by atoms with Crippen LogP contribution >= 0.6 is 37.9 Å². The first kappa shape index (κ1) is 74.5. The van der Waals surface area contributed by atoms with E-state index in [2.05, 4.69) is 223 Å². The minimum absolute atomic E-state index is 0. The van der Waals surface area contributed by atoms with Crippen molar-refractivity contribution in [2.24, 2.45) is 0 Å². The van der Waals surface area contributed by atoms with Crippen LogP contribution in [0.4, 0.5) is 14.1 Å². The summed E-state index contributed by atoms with van der Waals surface area (Å²) in [6.45, 7) is 57.4. The molecular weight excluding hydrogens is 970 g/mol. The first-order valence-electron chi connectivity index (χ1n) is 25.8. The van der Waals surface area contributed by atoms with Gasteiger partial charge in [0.25, 0.3) is 0 Å². The lowest BCUT2D eigenvalue weighted by Gasteiger charge is -2.28. The molecule has 0 bridgehead atoms. The molecule has 0 fully saturated rings. The molecular formula is C60H105F3O6S3. The van der Waals surface area contributed by atoms with Crippen LogP contribution in [0.15, 0.2) is 51.1 Å². The summed E-state index contributed by atoms with van der Waals surface area (Å²) in [7, 11) is 0. The van der Waals surface area contributed by atoms with Gasteiger partial charge in [0.15, 0.2) is 0 Å². The van der Waals surface area contributed by atoms with Crippen molar-refractivity contribution in [2.75, 3.05) is 0 Å². The summed E-state index contributed by atoms with van der Waals surface area (Å²) < 4.78 is 36.1. The highest BCUT2D eigenvalue weighted by molar-refractivity contribution is 7.80. The molecule has 3 aromatic rings. The minimum atomic E-state index is 0. The van der Waals surface area contributed by atoms with Gasteiger partial charge >= 0.3 is 0 Å². The van der Waals surface area contributed by atoms with E-state index in [1.807, 2.05) is 0 Å². The predicted octanol–water partition coefficient (Wildman–Crippen LogP) is 19.2. The summed E-state index contributed by atoms with van der Waals surface area (Å²) in [4.78, 5) is 2.96. The topological polar surface area (TPSA) is 55.4 Å². The number of benzene rings is 3. The fourth-order valence-corrected chi connectivity index (χ4v) is 9.57. The van der Waals surface area contributed by atoms with Crippen LogP contribution in [0.25, 0.3) is 0 Å². The normalized spacial score (nSPS) is 14.7. The van der Waals surface area contributed by atoms with E-state index >= 15 is 0 Å². The summed E-state index contributed by atoms with van der Waals surface area (Å²) in [5.41, 5.74) is 10.9. The number of thiol groups is 3. The number of hydrogen-bond acceptors (Lipinski definition) is 9. The molecule has 3 rings (SSSR count). The van der Waals surface area contributed by atoms with Gasteiger partial charge in [-0.1, -0.05) is 98.7 Å². The van der Waals surface area contributed by atoms with Gasteiger partial charge in [0.05, 0.1) is 73.2 Å². The van der Waals surface area contributed by atoms with Gasteiger partial charge in [-0.05, 0) is 191 Å². The van der Waals surface area contributed by atoms with E-state index in [1.165, 1.54) is 16.7 Å². The molecule has 6 nitrogen and oxygen atoms in total. The lowest BCUT2D eigenvalue weighted by Crippen LogP contribution is -2.17. The van der Waals surface area contributed by atoms with E-state index in [0.717, 1.165) is 48.1 Å². The zero-order chi connectivity index (χ0) is 53.8. The summed E-state index contributed by atoms with van der Waals surface area (Å²) in [6.07, 6.45) is 1.16. The molecule has 0 aliphatic heterocycles. The Morgan fingerprint density at radius 3 is 0.458 bits per heavy atom. The van der Waals surface area contributed by atoms with Crippen molar-refractivity contribution in [1.82, 2.24) is 0 Å². The van der Waals surface area contributed by atoms with Gasteiger partial charge in [0, 0.05) is 14.7 Å². The zero-order valence-electron chi connectivity index (χ0n) is 49.9. The summed E-state index contributed by atoms with van der Waals surface area (Å²) >= 11 is 14.5. The van der Waals surface area contributed by atoms with Crippen LogP contribution in [0.2, 0.25) is 0 Å². The number of ether oxygens (including phenoxy) is 6. The molecule has 3 aromatic carbocycles. The second kappa shape index (κ2) is 32.1. The number of rotatable bonds is 18. The van der Waals surface area contributed by atoms with Crippen LogP contribution in [0.5, 0.6) is 0 Å². The lowest BCUT2D eigenvalue weighted by atomic mass is 9.83. The van der Waals surface area contributed by atoms with E-state index < -0.39 is 0 Å². The predicted molar refractivity (Wildman–Crippen MR) is 313 cm³/mol. The third-order valence-corrected chi connectivity index (χ3v) is 13.1. The summed E-state index contributed by atoms with van der Waals surface area (Å²) in [5, 5.41) is 0. The van der Waals surface area contributed by atoms with E-state index in [4.69, 9.17) is 66.3 Å². The molecule has 0 aromatic heterocycles. The molecule has 0 saturated carbocycles. The number of halogens is 3. The van der Waals surface area contributed by atoms with Crippen LogP contribution in [0.3, 0.4) is 0 Å². The molecule has 0 aliphatic carbocycles. The monoisotopic (exact) mass is 1070 g/mol. The van der Waals surface area contributed by atoms with Crippen LogP contribution in [-0.4, -0.2) is 36.6 Å². The van der Waals surface area contributed by atoms with Gasteiger partial charge in [-0.3, -0.25) is 14.1 Å². The molecule has 6 atom stereocenters. The van der Waals surface area contributed by atoms with Gasteiger partial charge < -0.3 is 28.4 Å². The fraction of sp³-hybridized carbons (Fsp3) is 0.700. The Hall–Kier alpha value is -1.74. The SMILES string of the molecule is CC(C)OC(C)c1cc(C(C)(C)C)cc(C(C)OC(C)C)c1S.CC(C)OC(C)c1cc(C(C)(C)C)cc(C(C)OC(C)C)c1S.CC(C)OC(C)c1cc(C(C)(C)C)cc(C(C)OC(C)C)c1S.F.F.F. The quantitative estimate of drug-likeness (QED) is 0.110. The Morgan fingerprint density at radius 1 is 0.264 bits per heavy atom. The summed E-state index contributed by atoms with van der Waals surface area (Å²) in [5.74, 6) is 0. The second-order valence-electron chi connectivity index (χ2n) is 23.7. The van der Waals surface area contributed by atoms with Crippen LogP contribution in [0.1, 0.15) is 274 Å². The van der Waals surface area contributed by atoms with Crippen LogP contribution < -0.4 is 0 Å². The first-order valence-corrected chi connectivity index (χ1v) is 27.2. The molecule has 0 N–H and O–H groups in total. The molecule has 72 heavy (non-hydrogen) atoms. The van der Waals surface area contributed by atoms with Crippen molar-refractivity contribution in [3.8, 4) is 0 Å². The minimum Gasteiger partial charge on any atom is -0.371 e. The van der Waals surface area contributed by atoms with Gasteiger partial charge in [-0.2, -0.15) is 0 Å². The largest absolute Gasteiger partial charge is 0.371 e. The van der Waals surface area contributed by atoms with E-state index in [9.17, 15) is 0 Å². The Labute approximate surface area is 455 Å². The molecule has 0 spiro atoms. The van der Waals surface area contributed by atoms with Crippen LogP contribution in [0, 0.1) is 0 Å². The fourth-order valence-electron chi connectivity index (χ4n) is 8.09. The van der Waals surface area contributed by atoms with Gasteiger partial charge in [0.1, 0.15) is 0 Å². The Kier molecular flexibility index (Phi) is 33.2. The molecule has 0 aliphatic rings. The highest BCUT2D eigenvalue weighted by Gasteiger charge is 2.27. The van der Waals surface area contributed by atoms with Crippen LogP contribution in [-0.2, 0) is 44.7 Å². The average molecular weight is 1080 g/mol. The standard InChI is InChI=1S/3C20H34O2S.3FH/c3*1-12(2)21-14(5)17-10-16(20(7,8)9)11-18(19(17)23)15(6)22-13(3)4;;;/h3*10-15,23H,1-9H3;3*1H. The zero-order valence-corrected chi connectivity index (χ0v) is 52.6. The highest BCUT2D eigenvalue weighted by Crippen LogP contribution is 2.41. The molecule has 0 heterocycles. The Morgan fingerprint density at radius 2 is 0.375 bits per heavy atom. The molecule has 0 saturated heterocycles. The van der Waals surface area contributed by atoms with Gasteiger partial charge in [-0.15, -0.1) is 37.9 Å². The lowest BCUT2D eigenvalue weighted by molar-refractivity contribution is 0.0108. The smallest absolute Gasteiger partial charge is 0.0811 e. The third-order valence-electron chi connectivity index (χ3n) is 11.6. The van der Waals surface area contributed by atoms with Gasteiger partial charge in [0.2, 0.25) is 0 Å². The van der Waals surface area contributed by atoms with Gasteiger partial charge in [-0.25, -0.2) is 0 Å². The van der Waals surface area contributed by atoms with E-state index in [-0.39, 0.29) is 104 Å². The maximum absolute atomic E-state index is 6.01. The maximum atomic E-state index is 6.01. The van der Waals surface area contributed by atoms with Crippen molar-refractivity contribution >= 4 is 37.9 Å². The Balaban J connectivity index is -0.000000972. The molecule has 0 amide bonds. The van der Waals surface area contributed by atoms with E-state index in [0.29, 0.717) is 0 Å². The maximum Gasteiger partial charge on any atom is 0.0811 e. The number of hydrogen-bond donors (Lipinski definition) is 3. The van der Waals surface area contributed by atoms with Crippen molar-refractivity contribution < 1.29 is 42.5 Å². The van der Waals surface area contributed by atoms with Crippen molar-refractivity contribution in [2.45, 2.75) is 291 Å². The molecule has 0 radical (unpaired) electrons. The summed E-state index contributed by atoms with van der Waals surface area (Å²) in [6, 6.07) is 13.4. The average Bonchev–Trinajstić information content (AvgIpc) is 3.15.